The van der Waals surface area contributed by atoms with Gasteiger partial charge < -0.3 is 10.6 Å². The van der Waals surface area contributed by atoms with Crippen LogP contribution in [0.4, 0.5) is 10.1 Å². The molecule has 2 aromatic carbocycles. The zero-order chi connectivity index (χ0) is 19.3. The molecule has 0 saturated carbocycles. The van der Waals surface area contributed by atoms with Crippen LogP contribution in [0.15, 0.2) is 47.4 Å². The molecule has 3 N–H and O–H groups in total. The van der Waals surface area contributed by atoms with Gasteiger partial charge in [-0.25, -0.2) is 12.8 Å². The maximum absolute atomic E-state index is 13.6. The highest BCUT2D eigenvalue weighted by Gasteiger charge is 2.16. The van der Waals surface area contributed by atoms with Gasteiger partial charge >= 0.3 is 0 Å². The number of rotatable bonds is 7. The zero-order valence-corrected chi connectivity index (χ0v) is 15.7. The number of sulfonamides is 1. The van der Waals surface area contributed by atoms with Crippen molar-refractivity contribution in [2.45, 2.75) is 24.8 Å². The minimum absolute atomic E-state index is 0.108. The maximum atomic E-state index is 13.6. The molecule has 0 spiro atoms. The lowest BCUT2D eigenvalue weighted by Crippen LogP contribution is -2.37. The average Bonchev–Trinajstić information content (AvgIpc) is 2.61. The lowest BCUT2D eigenvalue weighted by atomic mass is 10.2. The monoisotopic (exact) mass is 379 g/mol. The van der Waals surface area contributed by atoms with Crippen LogP contribution >= 0.6 is 0 Å². The number of likely N-dealkylation sites (N-methyl/N-ethyl adjacent to an activating group) is 1. The van der Waals surface area contributed by atoms with Crippen molar-refractivity contribution in [2.75, 3.05) is 18.3 Å². The number of amides is 1. The van der Waals surface area contributed by atoms with Gasteiger partial charge in [0.1, 0.15) is 5.82 Å². The Morgan fingerprint density at radius 3 is 2.58 bits per heavy atom. The van der Waals surface area contributed by atoms with Crippen molar-refractivity contribution in [1.29, 1.82) is 0 Å². The second-order valence-corrected chi connectivity index (χ2v) is 7.68. The van der Waals surface area contributed by atoms with Gasteiger partial charge in [0.2, 0.25) is 0 Å². The molecule has 0 aromatic heterocycles. The van der Waals surface area contributed by atoms with Crippen molar-refractivity contribution in [2.24, 2.45) is 0 Å². The topological polar surface area (TPSA) is 87.3 Å². The van der Waals surface area contributed by atoms with Gasteiger partial charge in [-0.3, -0.25) is 9.52 Å². The third-order valence-electron chi connectivity index (χ3n) is 3.89. The highest BCUT2D eigenvalue weighted by atomic mass is 32.2. The molecular weight excluding hydrogens is 357 g/mol. The van der Waals surface area contributed by atoms with E-state index in [1.807, 2.05) is 6.92 Å². The summed E-state index contributed by atoms with van der Waals surface area (Å²) < 4.78 is 40.8. The van der Waals surface area contributed by atoms with E-state index in [9.17, 15) is 17.6 Å². The molecule has 140 valence electrons. The van der Waals surface area contributed by atoms with Crippen LogP contribution in [0.5, 0.6) is 0 Å². The standard InChI is InChI=1S/C18H22FN3O3S/c1-12-7-8-16(10-17(12)19)26(24,25)22-15-6-4-5-14(9-15)18(23)21-11-13(2)20-3/h4-10,13,20,22H,11H2,1-3H3,(H,21,23). The first-order valence-corrected chi connectivity index (χ1v) is 9.56. The molecular formula is C18H22FN3O3S. The van der Waals surface area contributed by atoms with Gasteiger partial charge in [-0.1, -0.05) is 12.1 Å². The fraction of sp³-hybridized carbons (Fsp3) is 0.278. The predicted molar refractivity (Wildman–Crippen MR) is 99.2 cm³/mol. The summed E-state index contributed by atoms with van der Waals surface area (Å²) in [6.07, 6.45) is 0. The van der Waals surface area contributed by atoms with Crippen LogP contribution in [0.2, 0.25) is 0 Å². The van der Waals surface area contributed by atoms with Crippen molar-refractivity contribution < 1.29 is 17.6 Å². The van der Waals surface area contributed by atoms with Crippen molar-refractivity contribution in [3.05, 3.63) is 59.4 Å². The Balaban J connectivity index is 2.16. The molecule has 26 heavy (non-hydrogen) atoms. The summed E-state index contributed by atoms with van der Waals surface area (Å²) in [5.41, 5.74) is 0.905. The number of aryl methyl sites for hydroxylation is 1. The van der Waals surface area contributed by atoms with E-state index < -0.39 is 15.8 Å². The Labute approximate surface area is 152 Å². The van der Waals surface area contributed by atoms with E-state index in [-0.39, 0.29) is 22.5 Å². The van der Waals surface area contributed by atoms with Crippen molar-refractivity contribution in [3.8, 4) is 0 Å². The molecule has 0 bridgehead atoms. The Morgan fingerprint density at radius 1 is 1.19 bits per heavy atom. The lowest BCUT2D eigenvalue weighted by molar-refractivity contribution is 0.0950. The number of hydrogen-bond acceptors (Lipinski definition) is 4. The summed E-state index contributed by atoms with van der Waals surface area (Å²) in [7, 11) is -2.16. The Morgan fingerprint density at radius 2 is 1.92 bits per heavy atom. The van der Waals surface area contributed by atoms with Crippen molar-refractivity contribution >= 4 is 21.6 Å². The van der Waals surface area contributed by atoms with Gasteiger partial charge in [-0.15, -0.1) is 0 Å². The molecule has 1 atom stereocenters. The fourth-order valence-electron chi connectivity index (χ4n) is 2.13. The van der Waals surface area contributed by atoms with E-state index in [1.54, 1.807) is 26.1 Å². The molecule has 0 aliphatic carbocycles. The summed E-state index contributed by atoms with van der Waals surface area (Å²) in [4.78, 5) is 12.0. The molecule has 0 saturated heterocycles. The first-order valence-electron chi connectivity index (χ1n) is 8.07. The fourth-order valence-corrected chi connectivity index (χ4v) is 3.19. The first kappa shape index (κ1) is 19.9. The van der Waals surface area contributed by atoms with E-state index in [4.69, 9.17) is 0 Å². The summed E-state index contributed by atoms with van der Waals surface area (Å²) in [5.74, 6) is -0.908. The van der Waals surface area contributed by atoms with E-state index in [0.717, 1.165) is 6.07 Å². The SMILES string of the molecule is CNC(C)CNC(=O)c1cccc(NS(=O)(=O)c2ccc(C)c(F)c2)c1. The van der Waals surface area contributed by atoms with Gasteiger partial charge in [-0.2, -0.15) is 0 Å². The van der Waals surface area contributed by atoms with Crippen LogP contribution in [0.25, 0.3) is 0 Å². The number of benzene rings is 2. The smallest absolute Gasteiger partial charge is 0.261 e. The molecule has 0 radical (unpaired) electrons. The number of carbonyl (C=O) groups excluding carboxylic acids is 1. The molecule has 1 amide bonds. The summed E-state index contributed by atoms with van der Waals surface area (Å²) >= 11 is 0. The van der Waals surface area contributed by atoms with E-state index in [1.165, 1.54) is 24.3 Å². The zero-order valence-electron chi connectivity index (χ0n) is 14.8. The third kappa shape index (κ3) is 5.03. The number of nitrogens with one attached hydrogen (secondary N) is 3. The number of carbonyl (C=O) groups is 1. The molecule has 6 nitrogen and oxygen atoms in total. The predicted octanol–water partition coefficient (Wildman–Crippen LogP) is 2.27. The second-order valence-electron chi connectivity index (χ2n) is 6.00. The van der Waals surface area contributed by atoms with Crippen LogP contribution in [-0.2, 0) is 10.0 Å². The van der Waals surface area contributed by atoms with E-state index in [0.29, 0.717) is 17.7 Å². The van der Waals surface area contributed by atoms with Crippen LogP contribution < -0.4 is 15.4 Å². The van der Waals surface area contributed by atoms with Gasteiger partial charge in [-0.05, 0) is 56.8 Å². The number of hydrogen-bond donors (Lipinski definition) is 3. The van der Waals surface area contributed by atoms with Gasteiger partial charge in [0.15, 0.2) is 0 Å². The van der Waals surface area contributed by atoms with Gasteiger partial charge in [0.25, 0.3) is 15.9 Å². The molecule has 8 heteroatoms. The summed E-state index contributed by atoms with van der Waals surface area (Å²) in [6, 6.07) is 9.92. The molecule has 0 fully saturated rings. The van der Waals surface area contributed by atoms with Gasteiger partial charge in [0.05, 0.1) is 4.90 Å². The summed E-state index contributed by atoms with van der Waals surface area (Å²) in [5, 5.41) is 5.76. The van der Waals surface area contributed by atoms with Crippen LogP contribution in [-0.4, -0.2) is 34.0 Å². The summed E-state index contributed by atoms with van der Waals surface area (Å²) in [6.45, 7) is 3.91. The molecule has 0 heterocycles. The van der Waals surface area contributed by atoms with E-state index >= 15 is 0 Å². The molecule has 1 unspecified atom stereocenters. The van der Waals surface area contributed by atoms with Crippen LogP contribution in [0, 0.1) is 12.7 Å². The number of halogens is 1. The van der Waals surface area contributed by atoms with Crippen molar-refractivity contribution in [3.63, 3.8) is 0 Å². The van der Waals surface area contributed by atoms with Crippen molar-refractivity contribution in [1.82, 2.24) is 10.6 Å². The highest BCUT2D eigenvalue weighted by Crippen LogP contribution is 2.19. The Bertz CT molecular complexity index is 900. The second kappa shape index (κ2) is 8.29. The molecule has 2 rings (SSSR count). The largest absolute Gasteiger partial charge is 0.350 e. The number of anilines is 1. The normalized spacial score (nSPS) is 12.5. The minimum Gasteiger partial charge on any atom is -0.350 e. The average molecular weight is 379 g/mol. The quantitative estimate of drug-likeness (QED) is 0.689. The highest BCUT2D eigenvalue weighted by molar-refractivity contribution is 7.92. The molecule has 0 aliphatic heterocycles. The third-order valence-corrected chi connectivity index (χ3v) is 5.27. The molecule has 2 aromatic rings. The first-order chi connectivity index (χ1) is 12.2. The lowest BCUT2D eigenvalue weighted by Gasteiger charge is -2.13. The Kier molecular flexibility index (Phi) is 6.33. The molecule has 0 aliphatic rings. The Hall–Kier alpha value is -2.45. The van der Waals surface area contributed by atoms with Crippen LogP contribution in [0.1, 0.15) is 22.8 Å². The maximum Gasteiger partial charge on any atom is 0.261 e. The van der Waals surface area contributed by atoms with Crippen LogP contribution in [0.3, 0.4) is 0 Å². The van der Waals surface area contributed by atoms with E-state index in [2.05, 4.69) is 15.4 Å². The van der Waals surface area contributed by atoms with Gasteiger partial charge in [0, 0.05) is 23.8 Å². The minimum atomic E-state index is -3.96.